The van der Waals surface area contributed by atoms with Gasteiger partial charge in [0.1, 0.15) is 0 Å². The Kier molecular flexibility index (Phi) is 6.05. The molecular formula is C20H22Cl2N4. The van der Waals surface area contributed by atoms with E-state index in [0.717, 1.165) is 36.9 Å². The third-order valence-electron chi connectivity index (χ3n) is 4.65. The van der Waals surface area contributed by atoms with Crippen LogP contribution in [-0.4, -0.2) is 37.1 Å². The van der Waals surface area contributed by atoms with E-state index in [0.29, 0.717) is 10.6 Å². The molecule has 0 aromatic heterocycles. The maximum Gasteiger partial charge on any atom is 0.0992 e. The van der Waals surface area contributed by atoms with Gasteiger partial charge in [-0.15, -0.1) is 0 Å². The van der Waals surface area contributed by atoms with E-state index in [4.69, 9.17) is 34.2 Å². The average Bonchev–Trinajstić information content (AvgIpc) is 2.62. The topological polar surface area (TPSA) is 56.3 Å². The summed E-state index contributed by atoms with van der Waals surface area (Å²) >= 11 is 12.6. The lowest BCUT2D eigenvalue weighted by molar-refractivity contribution is 0.214. The maximum atomic E-state index is 9.08. The summed E-state index contributed by atoms with van der Waals surface area (Å²) < 4.78 is 0. The minimum absolute atomic E-state index is 0.130. The van der Waals surface area contributed by atoms with Crippen LogP contribution in [0, 0.1) is 11.3 Å². The van der Waals surface area contributed by atoms with Crippen molar-refractivity contribution in [1.82, 2.24) is 4.90 Å². The van der Waals surface area contributed by atoms with Crippen molar-refractivity contribution in [2.75, 3.05) is 31.1 Å². The first-order chi connectivity index (χ1) is 12.5. The number of anilines is 1. The van der Waals surface area contributed by atoms with E-state index in [-0.39, 0.29) is 12.1 Å². The van der Waals surface area contributed by atoms with Crippen molar-refractivity contribution in [2.45, 2.75) is 19.0 Å². The Morgan fingerprint density at radius 1 is 1.19 bits per heavy atom. The van der Waals surface area contributed by atoms with Crippen molar-refractivity contribution < 1.29 is 0 Å². The highest BCUT2D eigenvalue weighted by molar-refractivity contribution is 6.33. The molecule has 26 heavy (non-hydrogen) atoms. The zero-order chi connectivity index (χ0) is 18.7. The van der Waals surface area contributed by atoms with Gasteiger partial charge in [-0.25, -0.2) is 0 Å². The number of nitrogens with zero attached hydrogens (tertiary/aromatic N) is 3. The van der Waals surface area contributed by atoms with E-state index >= 15 is 0 Å². The van der Waals surface area contributed by atoms with Gasteiger partial charge in [-0.3, -0.25) is 4.90 Å². The molecule has 3 rings (SSSR count). The number of hydrogen-bond donors (Lipinski definition) is 1. The molecule has 0 amide bonds. The van der Waals surface area contributed by atoms with E-state index < -0.39 is 0 Å². The summed E-state index contributed by atoms with van der Waals surface area (Å²) in [7, 11) is 0. The molecule has 0 spiro atoms. The van der Waals surface area contributed by atoms with Gasteiger partial charge in [0.2, 0.25) is 0 Å². The second kappa shape index (κ2) is 8.28. The van der Waals surface area contributed by atoms with Crippen molar-refractivity contribution in [3.05, 3.63) is 63.6 Å². The Balaban J connectivity index is 1.94. The van der Waals surface area contributed by atoms with E-state index in [1.807, 2.05) is 31.2 Å². The third kappa shape index (κ3) is 4.31. The lowest BCUT2D eigenvalue weighted by Crippen LogP contribution is -2.51. The molecular weight excluding hydrogens is 367 g/mol. The van der Waals surface area contributed by atoms with Gasteiger partial charge in [-0.1, -0.05) is 35.3 Å². The van der Waals surface area contributed by atoms with Crippen molar-refractivity contribution in [2.24, 2.45) is 5.73 Å². The van der Waals surface area contributed by atoms with Crippen LogP contribution < -0.4 is 10.6 Å². The predicted octanol–water partition coefficient (Wildman–Crippen LogP) is 4.08. The van der Waals surface area contributed by atoms with Gasteiger partial charge in [0.05, 0.1) is 28.4 Å². The molecule has 0 radical (unpaired) electrons. The highest BCUT2D eigenvalue weighted by atomic mass is 35.5. The van der Waals surface area contributed by atoms with Crippen LogP contribution in [0.25, 0.3) is 0 Å². The van der Waals surface area contributed by atoms with Crippen LogP contribution in [0.1, 0.15) is 24.1 Å². The van der Waals surface area contributed by atoms with Crippen molar-refractivity contribution >= 4 is 28.9 Å². The molecule has 0 saturated carbocycles. The second-order valence-corrected chi connectivity index (χ2v) is 7.62. The summed E-state index contributed by atoms with van der Waals surface area (Å²) in [4.78, 5) is 4.70. The molecule has 0 bridgehead atoms. The molecule has 4 nitrogen and oxygen atoms in total. The molecule has 6 heteroatoms. The molecule has 1 heterocycles. The number of nitriles is 1. The molecule has 1 aliphatic rings. The Hall–Kier alpha value is -1.77. The zero-order valence-electron chi connectivity index (χ0n) is 14.7. The number of rotatable bonds is 4. The second-order valence-electron chi connectivity index (χ2n) is 6.78. The summed E-state index contributed by atoms with van der Waals surface area (Å²) in [5, 5.41) is 10.4. The van der Waals surface area contributed by atoms with Gasteiger partial charge in [-0.2, -0.15) is 5.26 Å². The number of hydrogen-bond acceptors (Lipinski definition) is 4. The van der Waals surface area contributed by atoms with Crippen LogP contribution in [0.15, 0.2) is 42.5 Å². The smallest absolute Gasteiger partial charge is 0.0992 e. The summed E-state index contributed by atoms with van der Waals surface area (Å²) in [5.74, 6) is 0. The van der Waals surface area contributed by atoms with Crippen molar-refractivity contribution in [3.8, 4) is 6.07 Å². The van der Waals surface area contributed by atoms with Gasteiger partial charge in [0, 0.05) is 37.2 Å². The van der Waals surface area contributed by atoms with Gasteiger partial charge >= 0.3 is 0 Å². The van der Waals surface area contributed by atoms with Crippen molar-refractivity contribution in [3.63, 3.8) is 0 Å². The minimum atomic E-state index is 0.130. The van der Waals surface area contributed by atoms with Crippen molar-refractivity contribution in [1.29, 1.82) is 5.26 Å². The molecule has 1 saturated heterocycles. The third-order valence-corrected chi connectivity index (χ3v) is 5.21. The lowest BCUT2D eigenvalue weighted by atomic mass is 10.0. The molecule has 1 aliphatic heterocycles. The lowest BCUT2D eigenvalue weighted by Gasteiger charge is -2.44. The SMILES string of the molecule is C[C@H](N)CN1CCN(c2ccc(C#N)cc2Cl)[C@H](c2ccc(Cl)cc2)C1. The Labute approximate surface area is 164 Å². The number of halogens is 2. The first-order valence-corrected chi connectivity index (χ1v) is 9.43. The van der Waals surface area contributed by atoms with Crippen LogP contribution in [-0.2, 0) is 0 Å². The average molecular weight is 389 g/mol. The van der Waals surface area contributed by atoms with Crippen LogP contribution in [0.4, 0.5) is 5.69 Å². The summed E-state index contributed by atoms with van der Waals surface area (Å²) in [5.41, 5.74) is 8.71. The number of benzene rings is 2. The fourth-order valence-electron chi connectivity index (χ4n) is 3.48. The molecule has 1 fully saturated rings. The Morgan fingerprint density at radius 2 is 1.92 bits per heavy atom. The van der Waals surface area contributed by atoms with Crippen LogP contribution in [0.2, 0.25) is 10.0 Å². The van der Waals surface area contributed by atoms with Crippen LogP contribution in [0.3, 0.4) is 0 Å². The molecule has 0 aliphatic carbocycles. The van der Waals surface area contributed by atoms with Crippen LogP contribution in [0.5, 0.6) is 0 Å². The summed E-state index contributed by atoms with van der Waals surface area (Å²) in [6, 6.07) is 15.8. The van der Waals surface area contributed by atoms with E-state index in [1.165, 1.54) is 5.56 Å². The highest BCUT2D eigenvalue weighted by Crippen LogP contribution is 2.36. The normalized spacial score (nSPS) is 19.2. The van der Waals surface area contributed by atoms with E-state index in [1.54, 1.807) is 6.07 Å². The molecule has 0 unspecified atom stereocenters. The van der Waals surface area contributed by atoms with Crippen LogP contribution >= 0.6 is 23.2 Å². The monoisotopic (exact) mass is 388 g/mol. The van der Waals surface area contributed by atoms with E-state index in [9.17, 15) is 0 Å². The Bertz CT molecular complexity index is 798. The largest absolute Gasteiger partial charge is 0.361 e. The number of nitrogens with two attached hydrogens (primary N) is 1. The predicted molar refractivity (Wildman–Crippen MR) is 108 cm³/mol. The molecule has 2 atom stereocenters. The fraction of sp³-hybridized carbons (Fsp3) is 0.350. The molecule has 2 aromatic carbocycles. The summed E-state index contributed by atoms with van der Waals surface area (Å²) in [6.45, 7) is 5.51. The molecule has 2 N–H and O–H groups in total. The van der Waals surface area contributed by atoms with Gasteiger partial charge in [0.25, 0.3) is 0 Å². The maximum absolute atomic E-state index is 9.08. The zero-order valence-corrected chi connectivity index (χ0v) is 16.2. The molecule has 2 aromatic rings. The quantitative estimate of drug-likeness (QED) is 0.856. The Morgan fingerprint density at radius 3 is 2.54 bits per heavy atom. The minimum Gasteiger partial charge on any atom is -0.361 e. The van der Waals surface area contributed by atoms with Gasteiger partial charge in [0.15, 0.2) is 0 Å². The van der Waals surface area contributed by atoms with Gasteiger partial charge < -0.3 is 10.6 Å². The fourth-order valence-corrected chi connectivity index (χ4v) is 3.90. The van der Waals surface area contributed by atoms with Gasteiger partial charge in [-0.05, 0) is 42.8 Å². The highest BCUT2D eigenvalue weighted by Gasteiger charge is 2.30. The first kappa shape index (κ1) is 19.0. The standard InChI is InChI=1S/C20H22Cl2N4/c1-14(24)12-25-8-9-26(19-7-2-15(11-23)10-18(19)22)20(13-25)16-3-5-17(21)6-4-16/h2-7,10,14,20H,8-9,12-13,24H2,1H3/t14-,20-/m0/s1. The number of piperazine rings is 1. The first-order valence-electron chi connectivity index (χ1n) is 8.67. The van der Waals surface area contributed by atoms with E-state index in [2.05, 4.69) is 28.0 Å². The summed E-state index contributed by atoms with van der Waals surface area (Å²) in [6.07, 6.45) is 0. The molecule has 136 valence electrons.